The van der Waals surface area contributed by atoms with Gasteiger partial charge in [-0.2, -0.15) is 11.8 Å². The van der Waals surface area contributed by atoms with Crippen LogP contribution in [0, 0.1) is 0 Å². The van der Waals surface area contributed by atoms with Crippen molar-refractivity contribution < 1.29 is 14.7 Å². The van der Waals surface area contributed by atoms with Crippen molar-refractivity contribution in [3.8, 4) is 0 Å². The van der Waals surface area contributed by atoms with Gasteiger partial charge < -0.3 is 20.2 Å². The number of carbonyl (C=O) groups excluding carboxylic acids is 1. The molecule has 0 saturated heterocycles. The summed E-state index contributed by atoms with van der Waals surface area (Å²) in [4.78, 5) is 27.1. The molecule has 0 aromatic rings. The zero-order valence-electron chi connectivity index (χ0n) is 13.4. The molecule has 1 rings (SSSR count). The molecular formula is C14H27N3O3S. The van der Waals surface area contributed by atoms with Crippen LogP contribution in [0.3, 0.4) is 0 Å². The number of carbonyl (C=O) groups is 2. The summed E-state index contributed by atoms with van der Waals surface area (Å²) in [5.74, 6) is -0.264. The summed E-state index contributed by atoms with van der Waals surface area (Å²) in [5, 5.41) is 11.8. The van der Waals surface area contributed by atoms with Gasteiger partial charge in [-0.15, -0.1) is 0 Å². The lowest BCUT2D eigenvalue weighted by atomic mass is 9.75. The van der Waals surface area contributed by atoms with Gasteiger partial charge in [0.25, 0.3) is 0 Å². The Labute approximate surface area is 131 Å². The molecule has 1 saturated carbocycles. The molecule has 0 bridgehead atoms. The Morgan fingerprint density at radius 1 is 1.33 bits per heavy atom. The quantitative estimate of drug-likeness (QED) is 0.706. The maximum Gasteiger partial charge on any atom is 0.326 e. The van der Waals surface area contributed by atoms with Crippen molar-refractivity contribution in [1.29, 1.82) is 0 Å². The van der Waals surface area contributed by atoms with Crippen molar-refractivity contribution in [1.82, 2.24) is 15.1 Å². The number of nitrogens with one attached hydrogen (secondary N) is 1. The smallest absolute Gasteiger partial charge is 0.326 e. The van der Waals surface area contributed by atoms with Gasteiger partial charge in [-0.1, -0.05) is 0 Å². The third-order valence-electron chi connectivity index (χ3n) is 4.32. The number of hydrogen-bond acceptors (Lipinski definition) is 4. The van der Waals surface area contributed by atoms with Crippen LogP contribution >= 0.6 is 11.8 Å². The standard InChI is InChI=1S/C14H27N3O3S/c1-16(2)14(7-5-8-14)10-17(3)13(20)15-11(12(18)19)6-9-21-4/h11H,5-10H2,1-4H3,(H,15,20)(H,18,19)/t11-/m1/s1. The van der Waals surface area contributed by atoms with Gasteiger partial charge in [-0.3, -0.25) is 0 Å². The molecule has 0 spiro atoms. The van der Waals surface area contributed by atoms with Crippen LogP contribution in [0.25, 0.3) is 0 Å². The van der Waals surface area contributed by atoms with Gasteiger partial charge in [0.05, 0.1) is 0 Å². The van der Waals surface area contributed by atoms with Crippen LogP contribution in [-0.4, -0.2) is 78.2 Å². The Morgan fingerprint density at radius 3 is 2.33 bits per heavy atom. The van der Waals surface area contributed by atoms with E-state index < -0.39 is 12.0 Å². The first-order valence-electron chi connectivity index (χ1n) is 7.23. The minimum absolute atomic E-state index is 0.0457. The fourth-order valence-corrected chi connectivity index (χ4v) is 3.07. The largest absolute Gasteiger partial charge is 0.480 e. The Hall–Kier alpha value is -0.950. The first-order chi connectivity index (χ1) is 9.82. The van der Waals surface area contributed by atoms with Crippen molar-refractivity contribution >= 4 is 23.8 Å². The summed E-state index contributed by atoms with van der Waals surface area (Å²) in [7, 11) is 5.79. The van der Waals surface area contributed by atoms with Gasteiger partial charge in [0.1, 0.15) is 6.04 Å². The van der Waals surface area contributed by atoms with E-state index in [9.17, 15) is 9.59 Å². The summed E-state index contributed by atoms with van der Waals surface area (Å²) in [6.45, 7) is 0.626. The minimum atomic E-state index is -0.975. The molecule has 21 heavy (non-hydrogen) atoms. The fraction of sp³-hybridized carbons (Fsp3) is 0.857. The molecule has 122 valence electrons. The number of nitrogens with zero attached hydrogens (tertiary/aromatic N) is 2. The molecule has 0 unspecified atom stereocenters. The maximum atomic E-state index is 12.2. The molecule has 1 atom stereocenters. The van der Waals surface area contributed by atoms with E-state index in [1.807, 2.05) is 20.4 Å². The molecule has 0 aliphatic heterocycles. The average Bonchev–Trinajstić information content (AvgIpc) is 2.37. The van der Waals surface area contributed by atoms with Gasteiger partial charge >= 0.3 is 12.0 Å². The van der Waals surface area contributed by atoms with Crippen molar-refractivity contribution in [3.63, 3.8) is 0 Å². The lowest BCUT2D eigenvalue weighted by molar-refractivity contribution is -0.139. The molecule has 0 heterocycles. The number of aliphatic carboxylic acids is 1. The van der Waals surface area contributed by atoms with Crippen LogP contribution in [0.5, 0.6) is 0 Å². The summed E-state index contributed by atoms with van der Waals surface area (Å²) in [5.41, 5.74) is 0.0457. The highest BCUT2D eigenvalue weighted by Gasteiger charge is 2.40. The lowest BCUT2D eigenvalue weighted by Crippen LogP contribution is -2.59. The van der Waals surface area contributed by atoms with Crippen molar-refractivity contribution in [2.45, 2.75) is 37.3 Å². The first kappa shape index (κ1) is 18.1. The number of rotatable bonds is 8. The van der Waals surface area contributed by atoms with E-state index in [-0.39, 0.29) is 11.6 Å². The normalized spacial score (nSPS) is 18.0. The minimum Gasteiger partial charge on any atom is -0.480 e. The van der Waals surface area contributed by atoms with Crippen LogP contribution in [-0.2, 0) is 4.79 Å². The second kappa shape index (κ2) is 7.89. The topological polar surface area (TPSA) is 72.9 Å². The lowest BCUT2D eigenvalue weighted by Gasteiger charge is -2.49. The van der Waals surface area contributed by atoms with Crippen LogP contribution in [0.15, 0.2) is 0 Å². The molecule has 1 fully saturated rings. The zero-order valence-corrected chi connectivity index (χ0v) is 14.2. The molecule has 7 heteroatoms. The molecule has 0 aromatic carbocycles. The second-order valence-corrected chi connectivity index (χ2v) is 6.94. The molecule has 0 radical (unpaired) electrons. The van der Waals surface area contributed by atoms with E-state index in [4.69, 9.17) is 5.11 Å². The van der Waals surface area contributed by atoms with Gasteiger partial charge in [0.2, 0.25) is 0 Å². The summed E-state index contributed by atoms with van der Waals surface area (Å²) in [6.07, 6.45) is 5.69. The van der Waals surface area contributed by atoms with E-state index in [0.29, 0.717) is 18.7 Å². The number of urea groups is 1. The van der Waals surface area contributed by atoms with Crippen LogP contribution < -0.4 is 5.32 Å². The van der Waals surface area contributed by atoms with E-state index in [1.165, 1.54) is 6.42 Å². The van der Waals surface area contributed by atoms with Gasteiger partial charge in [-0.25, -0.2) is 9.59 Å². The maximum absolute atomic E-state index is 12.2. The predicted molar refractivity (Wildman–Crippen MR) is 85.9 cm³/mol. The summed E-state index contributed by atoms with van der Waals surface area (Å²) >= 11 is 1.57. The Balaban J connectivity index is 2.54. The third kappa shape index (κ3) is 4.78. The highest BCUT2D eigenvalue weighted by molar-refractivity contribution is 7.98. The molecule has 0 aromatic heterocycles. The zero-order chi connectivity index (χ0) is 16.0. The Bertz CT molecular complexity index is 372. The van der Waals surface area contributed by atoms with Crippen LogP contribution in [0.1, 0.15) is 25.7 Å². The molecule has 2 N–H and O–H groups in total. The number of carboxylic acids is 1. The second-order valence-electron chi connectivity index (χ2n) is 5.95. The molecule has 2 amide bonds. The molecule has 1 aliphatic carbocycles. The van der Waals surface area contributed by atoms with Crippen LogP contribution in [0.4, 0.5) is 4.79 Å². The van der Waals surface area contributed by atoms with E-state index in [1.54, 1.807) is 23.7 Å². The van der Waals surface area contributed by atoms with Crippen molar-refractivity contribution in [3.05, 3.63) is 0 Å². The molecular weight excluding hydrogens is 290 g/mol. The molecule has 1 aliphatic rings. The molecule has 6 nitrogen and oxygen atoms in total. The van der Waals surface area contributed by atoms with Crippen molar-refractivity contribution in [2.24, 2.45) is 0 Å². The number of carboxylic acid groups (broad SMARTS) is 1. The van der Waals surface area contributed by atoms with E-state index in [0.717, 1.165) is 12.8 Å². The van der Waals surface area contributed by atoms with E-state index in [2.05, 4.69) is 10.2 Å². The summed E-state index contributed by atoms with van der Waals surface area (Å²) < 4.78 is 0. The van der Waals surface area contributed by atoms with Gasteiger partial charge in [0, 0.05) is 19.1 Å². The summed E-state index contributed by atoms with van der Waals surface area (Å²) in [6, 6.07) is -1.12. The van der Waals surface area contributed by atoms with Crippen LogP contribution in [0.2, 0.25) is 0 Å². The highest BCUT2D eigenvalue weighted by atomic mass is 32.2. The fourth-order valence-electron chi connectivity index (χ4n) is 2.60. The number of amides is 2. The van der Waals surface area contributed by atoms with Gasteiger partial charge in [-0.05, 0) is 51.8 Å². The predicted octanol–water partition coefficient (Wildman–Crippen LogP) is 1.32. The Morgan fingerprint density at radius 2 is 1.95 bits per heavy atom. The first-order valence-corrected chi connectivity index (χ1v) is 8.62. The SMILES string of the molecule is CSCC[C@@H](NC(=O)N(C)CC1(N(C)C)CCC1)C(=O)O. The Kier molecular flexibility index (Phi) is 6.80. The van der Waals surface area contributed by atoms with Crippen molar-refractivity contribution in [2.75, 3.05) is 39.7 Å². The van der Waals surface area contributed by atoms with E-state index >= 15 is 0 Å². The number of thioether (sulfide) groups is 1. The average molecular weight is 317 g/mol. The highest BCUT2D eigenvalue weighted by Crippen LogP contribution is 2.36. The monoisotopic (exact) mass is 317 g/mol. The number of hydrogen-bond donors (Lipinski definition) is 2. The third-order valence-corrected chi connectivity index (χ3v) is 4.96. The number of likely N-dealkylation sites (N-methyl/N-ethyl adjacent to an activating group) is 2. The van der Waals surface area contributed by atoms with Gasteiger partial charge in [0.15, 0.2) is 0 Å².